The van der Waals surface area contributed by atoms with Crippen molar-refractivity contribution in [2.24, 2.45) is 0 Å². The van der Waals surface area contributed by atoms with Crippen LogP contribution < -0.4 is 5.32 Å². The molecule has 0 bridgehead atoms. The summed E-state index contributed by atoms with van der Waals surface area (Å²) >= 11 is 0. The lowest BCUT2D eigenvalue weighted by molar-refractivity contribution is -0.147. The SMILES string of the molecule is CC/C=C\C/C=C\C/C=C\C/C=C\C/C=C\C/C=C\C/C=C\CCCC(=O)NC(COP(=O)(O)OCC(O)COC(=O)CCCCCCC/C=C\C/C=C\C/C=C\C/C=C\CCCCC)C(=O)O. The Kier molecular flexibility index (Phi) is 45.9. The summed E-state index contributed by atoms with van der Waals surface area (Å²) in [5, 5.41) is 21.9. The summed E-state index contributed by atoms with van der Waals surface area (Å²) in [5.41, 5.74) is 0. The average molecular weight is 966 g/mol. The molecule has 68 heavy (non-hydrogen) atoms. The zero-order chi connectivity index (χ0) is 49.9. The topological polar surface area (TPSA) is 169 Å². The Balaban J connectivity index is 4.01. The Morgan fingerprint density at radius 3 is 1.31 bits per heavy atom. The summed E-state index contributed by atoms with van der Waals surface area (Å²) in [7, 11) is -4.79. The third-order valence-corrected chi connectivity index (χ3v) is 10.9. The maximum absolute atomic E-state index is 12.3. The molecule has 3 atom stereocenters. The van der Waals surface area contributed by atoms with Crippen molar-refractivity contribution in [3.8, 4) is 0 Å². The predicted octanol–water partition coefficient (Wildman–Crippen LogP) is 14.1. The van der Waals surface area contributed by atoms with Crippen LogP contribution in [0.25, 0.3) is 0 Å². The molecule has 0 radical (unpaired) electrons. The minimum Gasteiger partial charge on any atom is -0.480 e. The fourth-order valence-electron chi connectivity index (χ4n) is 6.05. The van der Waals surface area contributed by atoms with Gasteiger partial charge in [0.05, 0.1) is 13.2 Å². The quantitative estimate of drug-likeness (QED) is 0.0199. The standard InChI is InChI=1S/C56H88NO10P/c1-3-5-7-9-11-13-15-17-19-21-23-25-26-28-29-31-33-35-37-39-41-43-45-47-54(59)57-53(56(61)62)51-67-68(63,64)66-50-52(58)49-65-55(60)48-46-44-42-40-38-36-34-32-30-27-24-22-20-18-16-14-12-10-8-6-4-2/h5,7,11-14,17-20,23-25,27-29,32-35,39,41,52-53,58H,3-4,6,8-10,15-16,21-22,26,30-31,36-38,40,42-51H2,1-2H3,(H,57,59)(H,61,62)(H,63,64)/b7-5-,13-11-,14-12-,19-17-,20-18-,25-23-,27-24-,29-28-,34-32-,35-33-,41-39-. The summed E-state index contributed by atoms with van der Waals surface area (Å²) in [6, 6.07) is -1.59. The zero-order valence-corrected chi connectivity index (χ0v) is 42.5. The van der Waals surface area contributed by atoms with Crippen LogP contribution in [-0.2, 0) is 32.7 Å². The van der Waals surface area contributed by atoms with Crippen molar-refractivity contribution in [2.45, 2.75) is 180 Å². The van der Waals surface area contributed by atoms with Crippen LogP contribution in [-0.4, -0.2) is 64.9 Å². The van der Waals surface area contributed by atoms with Crippen LogP contribution in [0.1, 0.15) is 168 Å². The van der Waals surface area contributed by atoms with Crippen LogP contribution in [0.4, 0.5) is 0 Å². The number of amides is 1. The highest BCUT2D eigenvalue weighted by Crippen LogP contribution is 2.43. The molecule has 0 saturated heterocycles. The second kappa shape index (κ2) is 49.1. The molecule has 0 heterocycles. The van der Waals surface area contributed by atoms with E-state index in [9.17, 15) is 34.1 Å². The summed E-state index contributed by atoms with van der Waals surface area (Å²) in [4.78, 5) is 46.1. The van der Waals surface area contributed by atoms with E-state index in [1.807, 2.05) is 12.2 Å². The number of carboxylic acid groups (broad SMARTS) is 1. The van der Waals surface area contributed by atoms with Gasteiger partial charge in [-0.25, -0.2) is 9.36 Å². The zero-order valence-electron chi connectivity index (χ0n) is 41.6. The van der Waals surface area contributed by atoms with E-state index in [-0.39, 0.29) is 12.8 Å². The predicted molar refractivity (Wildman–Crippen MR) is 281 cm³/mol. The van der Waals surface area contributed by atoms with E-state index >= 15 is 0 Å². The number of esters is 1. The number of allylic oxidation sites excluding steroid dienone is 22. The van der Waals surface area contributed by atoms with Gasteiger partial charge in [0.1, 0.15) is 12.7 Å². The van der Waals surface area contributed by atoms with Gasteiger partial charge in [-0.05, 0) is 109 Å². The average Bonchev–Trinajstić information content (AvgIpc) is 3.32. The molecule has 0 aromatic rings. The number of rotatable bonds is 45. The second-order valence-electron chi connectivity index (χ2n) is 16.3. The van der Waals surface area contributed by atoms with Crippen LogP contribution in [0.5, 0.6) is 0 Å². The highest BCUT2D eigenvalue weighted by molar-refractivity contribution is 7.47. The van der Waals surface area contributed by atoms with Crippen LogP contribution in [0, 0.1) is 0 Å². The van der Waals surface area contributed by atoms with Gasteiger partial charge in [-0.3, -0.25) is 18.6 Å². The molecule has 0 saturated carbocycles. The van der Waals surface area contributed by atoms with Gasteiger partial charge in [-0.2, -0.15) is 0 Å². The second-order valence-corrected chi connectivity index (χ2v) is 17.7. The molecule has 1 amide bonds. The van der Waals surface area contributed by atoms with Crippen molar-refractivity contribution in [3.63, 3.8) is 0 Å². The molecular weight excluding hydrogens is 878 g/mol. The van der Waals surface area contributed by atoms with E-state index in [4.69, 9.17) is 13.8 Å². The number of aliphatic hydroxyl groups excluding tert-OH is 1. The molecule has 0 rings (SSSR count). The van der Waals surface area contributed by atoms with Gasteiger partial charge in [0, 0.05) is 12.8 Å². The fourth-order valence-corrected chi connectivity index (χ4v) is 6.82. The summed E-state index contributed by atoms with van der Waals surface area (Å²) < 4.78 is 26.9. The molecule has 0 aliphatic carbocycles. The summed E-state index contributed by atoms with van der Waals surface area (Å²) in [5.74, 6) is -2.50. The lowest BCUT2D eigenvalue weighted by Gasteiger charge is -2.18. The number of ether oxygens (including phenoxy) is 1. The van der Waals surface area contributed by atoms with Gasteiger partial charge in [0.25, 0.3) is 0 Å². The van der Waals surface area contributed by atoms with Gasteiger partial charge >= 0.3 is 19.8 Å². The molecule has 0 aliphatic heterocycles. The largest absolute Gasteiger partial charge is 0.480 e. The third kappa shape index (κ3) is 48.1. The normalized spacial score (nSPS) is 14.6. The van der Waals surface area contributed by atoms with Crippen LogP contribution in [0.2, 0.25) is 0 Å². The molecule has 11 nitrogen and oxygen atoms in total. The van der Waals surface area contributed by atoms with Gasteiger partial charge in [0.2, 0.25) is 5.91 Å². The molecule has 0 spiro atoms. The van der Waals surface area contributed by atoms with E-state index in [0.29, 0.717) is 19.3 Å². The van der Waals surface area contributed by atoms with Crippen molar-refractivity contribution in [1.29, 1.82) is 0 Å². The number of hydrogen-bond acceptors (Lipinski definition) is 8. The van der Waals surface area contributed by atoms with E-state index in [1.165, 1.54) is 25.7 Å². The van der Waals surface area contributed by atoms with Crippen molar-refractivity contribution < 1.29 is 47.8 Å². The molecule has 0 aliphatic rings. The first kappa shape index (κ1) is 63.6. The number of carbonyl (C=O) groups excluding carboxylic acids is 2. The minimum absolute atomic E-state index is 0.0551. The van der Waals surface area contributed by atoms with Crippen LogP contribution in [0.15, 0.2) is 134 Å². The van der Waals surface area contributed by atoms with Crippen molar-refractivity contribution in [1.82, 2.24) is 5.32 Å². The minimum atomic E-state index is -4.79. The van der Waals surface area contributed by atoms with Crippen LogP contribution in [0.3, 0.4) is 0 Å². The molecule has 3 unspecified atom stereocenters. The van der Waals surface area contributed by atoms with E-state index < -0.39 is 57.6 Å². The maximum atomic E-state index is 12.3. The Hall–Kier alpha value is -4.38. The van der Waals surface area contributed by atoms with Gasteiger partial charge in [-0.1, -0.05) is 180 Å². The van der Waals surface area contributed by atoms with E-state index in [2.05, 4.69) is 141 Å². The monoisotopic (exact) mass is 966 g/mol. The van der Waals surface area contributed by atoms with Crippen molar-refractivity contribution in [3.05, 3.63) is 134 Å². The van der Waals surface area contributed by atoms with E-state index in [1.54, 1.807) is 0 Å². The first-order valence-corrected chi connectivity index (χ1v) is 26.7. The molecule has 0 fully saturated rings. The number of carboxylic acids is 1. The Morgan fingerprint density at radius 1 is 0.485 bits per heavy atom. The molecule has 382 valence electrons. The molecular formula is C56H88NO10P. The van der Waals surface area contributed by atoms with E-state index in [0.717, 1.165) is 96.3 Å². The first-order chi connectivity index (χ1) is 33.1. The highest BCUT2D eigenvalue weighted by atomic mass is 31.2. The Bertz CT molecular complexity index is 1650. The molecule has 12 heteroatoms. The molecule has 0 aromatic carbocycles. The third-order valence-electron chi connectivity index (χ3n) is 9.92. The van der Waals surface area contributed by atoms with Gasteiger partial charge in [0.15, 0.2) is 6.04 Å². The van der Waals surface area contributed by atoms with Crippen molar-refractivity contribution in [2.75, 3.05) is 19.8 Å². The number of phosphoric acid groups is 1. The number of phosphoric ester groups is 1. The number of carbonyl (C=O) groups is 3. The van der Waals surface area contributed by atoms with Gasteiger partial charge in [-0.15, -0.1) is 0 Å². The highest BCUT2D eigenvalue weighted by Gasteiger charge is 2.28. The lowest BCUT2D eigenvalue weighted by atomic mass is 10.1. The number of aliphatic hydroxyl groups is 1. The number of aliphatic carboxylic acids is 1. The number of hydrogen-bond donors (Lipinski definition) is 4. The van der Waals surface area contributed by atoms with Gasteiger partial charge < -0.3 is 25.2 Å². The molecule has 4 N–H and O–H groups in total. The van der Waals surface area contributed by atoms with Crippen molar-refractivity contribution >= 4 is 25.7 Å². The lowest BCUT2D eigenvalue weighted by Crippen LogP contribution is -2.43. The number of nitrogens with one attached hydrogen (secondary N) is 1. The Labute approximate surface area is 411 Å². The first-order valence-electron chi connectivity index (χ1n) is 25.2. The molecule has 0 aromatic heterocycles. The fraction of sp³-hybridized carbons (Fsp3) is 0.554. The van der Waals surface area contributed by atoms with Crippen LogP contribution >= 0.6 is 7.82 Å². The maximum Gasteiger partial charge on any atom is 0.472 e. The smallest absolute Gasteiger partial charge is 0.472 e. The Morgan fingerprint density at radius 2 is 0.868 bits per heavy atom. The summed E-state index contributed by atoms with van der Waals surface area (Å²) in [6.07, 6.45) is 67.6. The number of unbranched alkanes of at least 4 members (excludes halogenated alkanes) is 9. The summed E-state index contributed by atoms with van der Waals surface area (Å²) in [6.45, 7) is 2.38.